The van der Waals surface area contributed by atoms with E-state index in [0.717, 1.165) is 44.9 Å². The lowest BCUT2D eigenvalue weighted by molar-refractivity contribution is -0.142. The average molecular weight is 706 g/mol. The van der Waals surface area contributed by atoms with Gasteiger partial charge >= 0.3 is 0 Å². The van der Waals surface area contributed by atoms with Crippen molar-refractivity contribution in [3.8, 4) is 0 Å². The molecule has 2 heterocycles. The van der Waals surface area contributed by atoms with Gasteiger partial charge in [0.1, 0.15) is 18.2 Å². The molecule has 0 aromatic carbocycles. The van der Waals surface area contributed by atoms with Crippen LogP contribution in [-0.2, 0) is 14.4 Å². The van der Waals surface area contributed by atoms with Crippen molar-refractivity contribution in [3.05, 3.63) is 18.2 Å². The van der Waals surface area contributed by atoms with Gasteiger partial charge in [0.2, 0.25) is 11.8 Å². The lowest BCUT2D eigenvalue weighted by Gasteiger charge is -2.41. The summed E-state index contributed by atoms with van der Waals surface area (Å²) in [6.45, 7) is 9.06. The van der Waals surface area contributed by atoms with E-state index in [1.165, 1.54) is 17.3 Å². The third-order valence-electron chi connectivity index (χ3n) is 11.3. The predicted octanol–water partition coefficient (Wildman–Crippen LogP) is 3.28. The van der Waals surface area contributed by atoms with Gasteiger partial charge < -0.3 is 36.3 Å². The first-order chi connectivity index (χ1) is 23.6. The second-order valence-electron chi connectivity index (χ2n) is 16.2. The smallest absolute Gasteiger partial charge is 0.287 e. The summed E-state index contributed by atoms with van der Waals surface area (Å²) in [6, 6.07) is -3.76. The molecule has 0 radical (unpaired) electrons. The predicted molar refractivity (Wildman–Crippen MR) is 183 cm³/mol. The number of rotatable bonds is 14. The van der Waals surface area contributed by atoms with Crippen molar-refractivity contribution in [1.29, 1.82) is 0 Å². The molecule has 4 aliphatic rings. The number of halogens is 2. The summed E-state index contributed by atoms with van der Waals surface area (Å²) >= 11 is 0. The molecule has 1 aromatic rings. The number of hydrogen-bond acceptors (Lipinski definition) is 7. The van der Waals surface area contributed by atoms with E-state index < -0.39 is 83.1 Å². The fourth-order valence-electron chi connectivity index (χ4n) is 8.47. The van der Waals surface area contributed by atoms with E-state index in [0.29, 0.717) is 12.8 Å². The highest BCUT2D eigenvalue weighted by atomic mass is 19.3. The lowest BCUT2D eigenvalue weighted by Crippen LogP contribution is -2.63. The van der Waals surface area contributed by atoms with Gasteiger partial charge in [-0.1, -0.05) is 53.4 Å². The number of likely N-dealkylation sites (tertiary alicyclic amines) is 1. The third kappa shape index (κ3) is 8.66. The number of carbonyl (C=O) groups is 4. The Balaban J connectivity index is 1.39. The minimum absolute atomic E-state index is 0.0713. The summed E-state index contributed by atoms with van der Waals surface area (Å²) in [5.74, 6) is -6.51. The molecule has 50 heavy (non-hydrogen) atoms. The monoisotopic (exact) mass is 705 g/mol. The van der Waals surface area contributed by atoms with Crippen molar-refractivity contribution >= 4 is 23.6 Å². The van der Waals surface area contributed by atoms with Crippen molar-refractivity contribution in [2.24, 2.45) is 23.2 Å². The van der Waals surface area contributed by atoms with Gasteiger partial charge in [-0.05, 0) is 62.7 Å². The summed E-state index contributed by atoms with van der Waals surface area (Å²) in [6.07, 6.45) is 8.85. The number of fused-ring (bicyclic) bond motifs is 1. The zero-order valence-electron chi connectivity index (χ0n) is 30.1. The summed E-state index contributed by atoms with van der Waals surface area (Å²) < 4.78 is 30.7. The topological polar surface area (TPSA) is 169 Å². The van der Waals surface area contributed by atoms with Crippen LogP contribution in [0.3, 0.4) is 0 Å². The molecular weight excluding hydrogens is 648 g/mol. The van der Waals surface area contributed by atoms with Gasteiger partial charge in [-0.15, -0.1) is 0 Å². The number of alkyl halides is 2. The van der Waals surface area contributed by atoms with Crippen LogP contribution < -0.4 is 21.3 Å². The molecule has 0 bridgehead atoms. The Labute approximate surface area is 294 Å². The molecule has 4 amide bonds. The van der Waals surface area contributed by atoms with E-state index in [2.05, 4.69) is 31.2 Å². The average Bonchev–Trinajstić information content (AvgIpc) is 3.43. The maximum Gasteiger partial charge on any atom is 0.287 e. The highest BCUT2D eigenvalue weighted by molar-refractivity contribution is 5.96. The zero-order valence-corrected chi connectivity index (χ0v) is 30.1. The summed E-state index contributed by atoms with van der Waals surface area (Å²) in [5.41, 5.74) is -0.807. The molecule has 5 rings (SSSR count). The van der Waals surface area contributed by atoms with E-state index in [9.17, 15) is 24.3 Å². The van der Waals surface area contributed by atoms with Gasteiger partial charge in [-0.2, -0.15) is 0 Å². The summed E-state index contributed by atoms with van der Waals surface area (Å²) in [7, 11) is 0. The Morgan fingerprint density at radius 1 is 1.06 bits per heavy atom. The van der Waals surface area contributed by atoms with Gasteiger partial charge in [0.15, 0.2) is 5.82 Å². The largest absolute Gasteiger partial charge is 0.382 e. The lowest BCUT2D eigenvalue weighted by atomic mass is 9.82. The van der Waals surface area contributed by atoms with Gasteiger partial charge in [-0.25, -0.2) is 13.8 Å². The number of aromatic nitrogens is 2. The van der Waals surface area contributed by atoms with E-state index in [-0.39, 0.29) is 37.2 Å². The maximum atomic E-state index is 15.3. The Morgan fingerprint density at radius 3 is 2.36 bits per heavy atom. The SMILES string of the molecule is CCCC(NC(C)C1[C@H]2CCC(F)(F)[C@H]2CN1C(=O)C(NC(=O)[C@@H](NC(=O)c1ncc[nH]1)C1CCCCC1)C(C)(C)C)C(O)C(=O)NC1CC1. The van der Waals surface area contributed by atoms with Crippen molar-refractivity contribution < 1.29 is 33.1 Å². The van der Waals surface area contributed by atoms with Crippen LogP contribution >= 0.6 is 0 Å². The molecule has 5 unspecified atom stereocenters. The molecule has 3 saturated carbocycles. The van der Waals surface area contributed by atoms with Crippen LogP contribution in [0.4, 0.5) is 8.78 Å². The number of imidazole rings is 1. The molecule has 6 N–H and O–H groups in total. The van der Waals surface area contributed by atoms with E-state index in [4.69, 9.17) is 0 Å². The fraction of sp³-hybridized carbons (Fsp3) is 0.806. The Hall–Kier alpha value is -3.13. The van der Waals surface area contributed by atoms with Gasteiger partial charge in [0.25, 0.3) is 17.7 Å². The number of nitrogens with zero attached hydrogens (tertiary/aromatic N) is 2. The quantitative estimate of drug-likeness (QED) is 0.173. The van der Waals surface area contributed by atoms with Crippen molar-refractivity contribution in [2.75, 3.05) is 6.54 Å². The number of amides is 4. The minimum Gasteiger partial charge on any atom is -0.382 e. The molecule has 1 aromatic heterocycles. The number of carbonyl (C=O) groups excluding carboxylic acids is 4. The minimum atomic E-state index is -2.95. The molecule has 280 valence electrons. The number of H-pyrrole nitrogens is 1. The second kappa shape index (κ2) is 15.6. The number of aliphatic hydroxyl groups is 1. The highest BCUT2D eigenvalue weighted by Crippen LogP contribution is 2.52. The first-order valence-electron chi connectivity index (χ1n) is 18.7. The normalized spacial score (nSPS) is 26.7. The molecule has 1 saturated heterocycles. The Bertz CT molecular complexity index is 1340. The molecular formula is C36H57F2N7O5. The molecule has 8 atom stereocenters. The number of hydrogen-bond donors (Lipinski definition) is 6. The standard InChI is InChI=1S/C36H57F2N7O5/c1-6-10-25(28(46)32(48)42-22-13-14-22)41-20(2)27-23-15-16-36(37,38)24(23)19-45(27)34(50)29(35(3,4)5)44-31(47)26(21-11-8-7-9-12-21)43-33(49)30-39-17-18-40-30/h17-18,20-29,41,46H,6-16,19H2,1-5H3,(H,39,40)(H,42,48)(H,43,49)(H,44,47)/t20?,23-,24-,25?,26-,27?,28?,29?/m0/s1. The second-order valence-corrected chi connectivity index (χ2v) is 16.2. The van der Waals surface area contributed by atoms with E-state index in [1.54, 1.807) is 0 Å². The van der Waals surface area contributed by atoms with Crippen LogP contribution in [0.25, 0.3) is 0 Å². The Kier molecular flexibility index (Phi) is 11.9. The molecule has 4 fully saturated rings. The summed E-state index contributed by atoms with van der Waals surface area (Å²) in [4.78, 5) is 63.0. The number of nitrogens with one attached hydrogen (secondary N) is 5. The number of aliphatic hydroxyl groups excluding tert-OH is 1. The van der Waals surface area contributed by atoms with Crippen LogP contribution in [0.5, 0.6) is 0 Å². The van der Waals surface area contributed by atoms with Crippen LogP contribution in [0.1, 0.15) is 116 Å². The van der Waals surface area contributed by atoms with Crippen molar-refractivity contribution in [2.45, 2.75) is 154 Å². The van der Waals surface area contributed by atoms with E-state index in [1.807, 2.05) is 34.6 Å². The molecule has 14 heteroatoms. The third-order valence-corrected chi connectivity index (χ3v) is 11.3. The van der Waals surface area contributed by atoms with Gasteiger partial charge in [0, 0.05) is 49.4 Å². The number of aromatic amines is 1. The van der Waals surface area contributed by atoms with Crippen LogP contribution in [-0.4, -0.2) is 98.4 Å². The van der Waals surface area contributed by atoms with Crippen LogP contribution in [0.2, 0.25) is 0 Å². The highest BCUT2D eigenvalue weighted by Gasteiger charge is 2.61. The van der Waals surface area contributed by atoms with Gasteiger partial charge in [-0.3, -0.25) is 19.2 Å². The van der Waals surface area contributed by atoms with Crippen molar-refractivity contribution in [3.63, 3.8) is 0 Å². The van der Waals surface area contributed by atoms with Gasteiger partial charge in [0.05, 0.1) is 6.04 Å². The van der Waals surface area contributed by atoms with Crippen LogP contribution in [0, 0.1) is 23.2 Å². The van der Waals surface area contributed by atoms with Crippen LogP contribution in [0.15, 0.2) is 12.4 Å². The van der Waals surface area contributed by atoms with Crippen molar-refractivity contribution in [1.82, 2.24) is 36.1 Å². The van der Waals surface area contributed by atoms with E-state index >= 15 is 8.78 Å². The maximum absolute atomic E-state index is 15.3. The first kappa shape index (κ1) is 38.1. The molecule has 0 spiro atoms. The summed E-state index contributed by atoms with van der Waals surface area (Å²) in [5, 5.41) is 23.1. The fourth-order valence-corrected chi connectivity index (χ4v) is 8.47. The first-order valence-corrected chi connectivity index (χ1v) is 18.7. The molecule has 3 aliphatic carbocycles. The molecule has 12 nitrogen and oxygen atoms in total. The Morgan fingerprint density at radius 2 is 1.76 bits per heavy atom. The molecule has 1 aliphatic heterocycles. The zero-order chi connectivity index (χ0) is 36.4.